The van der Waals surface area contributed by atoms with E-state index in [0.717, 1.165) is 10.9 Å². The number of benzene rings is 3. The maximum atomic E-state index is 13.0. The van der Waals surface area contributed by atoms with E-state index in [2.05, 4.69) is 5.32 Å². The zero-order valence-corrected chi connectivity index (χ0v) is 19.6. The largest absolute Gasteiger partial charge is 0.493 e. The van der Waals surface area contributed by atoms with Crippen LogP contribution < -0.4 is 19.5 Å². The highest BCUT2D eigenvalue weighted by atomic mass is 16.5. The first-order valence-corrected chi connectivity index (χ1v) is 10.6. The molecule has 0 atom stereocenters. The van der Waals surface area contributed by atoms with Gasteiger partial charge in [0.15, 0.2) is 17.3 Å². The van der Waals surface area contributed by atoms with Gasteiger partial charge in [-0.15, -0.1) is 0 Å². The second kappa shape index (κ2) is 9.31. The van der Waals surface area contributed by atoms with Gasteiger partial charge in [0.05, 0.1) is 21.3 Å². The number of carbonyl (C=O) groups is 2. The first kappa shape index (κ1) is 22.9. The fraction of sp³-hybridized carbons (Fsp3) is 0.185. The third kappa shape index (κ3) is 4.20. The molecule has 4 aromatic rings. The van der Waals surface area contributed by atoms with E-state index in [0.29, 0.717) is 45.2 Å². The van der Waals surface area contributed by atoms with Gasteiger partial charge in [-0.25, -0.2) is 0 Å². The Morgan fingerprint density at radius 1 is 0.794 bits per heavy atom. The number of ketones is 1. The van der Waals surface area contributed by atoms with Crippen LogP contribution in [0.2, 0.25) is 0 Å². The van der Waals surface area contributed by atoms with Crippen molar-refractivity contribution in [3.8, 4) is 17.2 Å². The molecular weight excluding hydrogens is 434 g/mol. The van der Waals surface area contributed by atoms with Gasteiger partial charge < -0.3 is 23.9 Å². The lowest BCUT2D eigenvalue weighted by Gasteiger charge is -2.14. The predicted molar refractivity (Wildman–Crippen MR) is 130 cm³/mol. The molecule has 7 nitrogen and oxygen atoms in total. The number of anilines is 1. The summed E-state index contributed by atoms with van der Waals surface area (Å²) in [5.74, 6) is 0.918. The van der Waals surface area contributed by atoms with Gasteiger partial charge in [0, 0.05) is 27.8 Å². The molecule has 0 aliphatic carbocycles. The summed E-state index contributed by atoms with van der Waals surface area (Å²) in [4.78, 5) is 25.9. The van der Waals surface area contributed by atoms with E-state index < -0.39 is 0 Å². The van der Waals surface area contributed by atoms with Crippen LogP contribution in [-0.2, 0) is 0 Å². The number of aryl methyl sites for hydroxylation is 2. The van der Waals surface area contributed by atoms with Crippen LogP contribution in [0.25, 0.3) is 11.0 Å². The molecule has 0 spiro atoms. The van der Waals surface area contributed by atoms with E-state index in [9.17, 15) is 9.59 Å². The van der Waals surface area contributed by atoms with Gasteiger partial charge >= 0.3 is 0 Å². The van der Waals surface area contributed by atoms with Crippen LogP contribution in [-0.4, -0.2) is 33.0 Å². The Balaban J connectivity index is 1.64. The molecule has 3 aromatic carbocycles. The predicted octanol–water partition coefficient (Wildman–Crippen LogP) is 5.56. The number of hydrogen-bond donors (Lipinski definition) is 1. The summed E-state index contributed by atoms with van der Waals surface area (Å²) in [5.41, 5.74) is 3.82. The number of nitrogens with one attached hydrogen (secondary N) is 1. The van der Waals surface area contributed by atoms with Gasteiger partial charge in [0.2, 0.25) is 11.5 Å². The molecule has 1 aromatic heterocycles. The van der Waals surface area contributed by atoms with E-state index in [4.69, 9.17) is 18.6 Å². The molecule has 1 amide bonds. The molecular formula is C27H25NO6. The average Bonchev–Trinajstić information content (AvgIpc) is 3.18. The molecule has 0 radical (unpaired) electrons. The van der Waals surface area contributed by atoms with Gasteiger partial charge in [-0.1, -0.05) is 29.8 Å². The fourth-order valence-electron chi connectivity index (χ4n) is 3.77. The summed E-state index contributed by atoms with van der Waals surface area (Å²) in [5, 5.41) is 3.62. The Labute approximate surface area is 197 Å². The third-order valence-corrected chi connectivity index (χ3v) is 5.64. The van der Waals surface area contributed by atoms with Crippen LogP contribution in [0.4, 0.5) is 5.69 Å². The summed E-state index contributed by atoms with van der Waals surface area (Å²) in [7, 11) is 4.48. The van der Waals surface area contributed by atoms with Crippen molar-refractivity contribution in [3.05, 3.63) is 82.6 Å². The molecule has 0 saturated heterocycles. The number of methoxy groups -OCH3 is 3. The van der Waals surface area contributed by atoms with Crippen molar-refractivity contribution in [1.82, 2.24) is 0 Å². The van der Waals surface area contributed by atoms with Gasteiger partial charge in [-0.2, -0.15) is 0 Å². The lowest BCUT2D eigenvalue weighted by molar-refractivity contribution is 0.101. The Hall–Kier alpha value is -4.26. The number of furan rings is 1. The number of rotatable bonds is 7. The fourth-order valence-corrected chi connectivity index (χ4v) is 3.77. The lowest BCUT2D eigenvalue weighted by atomic mass is 10.0. The van der Waals surface area contributed by atoms with Crippen molar-refractivity contribution in [3.63, 3.8) is 0 Å². The maximum Gasteiger partial charge on any atom is 0.255 e. The second-order valence-corrected chi connectivity index (χ2v) is 7.83. The summed E-state index contributed by atoms with van der Waals surface area (Å²) >= 11 is 0. The molecule has 4 rings (SSSR count). The van der Waals surface area contributed by atoms with Crippen LogP contribution in [0, 0.1) is 13.8 Å². The smallest absolute Gasteiger partial charge is 0.255 e. The second-order valence-electron chi connectivity index (χ2n) is 7.83. The monoisotopic (exact) mass is 459 g/mol. The molecule has 34 heavy (non-hydrogen) atoms. The van der Waals surface area contributed by atoms with Crippen LogP contribution in [0.1, 0.15) is 37.6 Å². The maximum absolute atomic E-state index is 13.0. The van der Waals surface area contributed by atoms with Crippen LogP contribution in [0.15, 0.2) is 59.0 Å². The van der Waals surface area contributed by atoms with Crippen LogP contribution >= 0.6 is 0 Å². The minimum atomic E-state index is -0.351. The van der Waals surface area contributed by atoms with Crippen molar-refractivity contribution >= 4 is 28.3 Å². The van der Waals surface area contributed by atoms with Crippen molar-refractivity contribution in [2.24, 2.45) is 0 Å². The molecule has 0 saturated carbocycles. The Morgan fingerprint density at radius 3 is 2.03 bits per heavy atom. The van der Waals surface area contributed by atoms with E-state index in [-0.39, 0.29) is 17.5 Å². The minimum absolute atomic E-state index is 0.184. The number of ether oxygens (including phenoxy) is 3. The van der Waals surface area contributed by atoms with E-state index in [1.807, 2.05) is 26.0 Å². The highest BCUT2D eigenvalue weighted by molar-refractivity contribution is 6.11. The summed E-state index contributed by atoms with van der Waals surface area (Å²) in [6.07, 6.45) is 0. The lowest BCUT2D eigenvalue weighted by Crippen LogP contribution is -2.12. The summed E-state index contributed by atoms with van der Waals surface area (Å²) in [6, 6.07) is 15.8. The molecule has 1 N–H and O–H groups in total. The number of fused-ring (bicyclic) bond motifs is 1. The van der Waals surface area contributed by atoms with E-state index >= 15 is 0 Å². The molecule has 0 aliphatic rings. The van der Waals surface area contributed by atoms with Gasteiger partial charge in [0.1, 0.15) is 5.58 Å². The zero-order chi connectivity index (χ0) is 24.4. The molecule has 1 heterocycles. The Morgan fingerprint density at radius 2 is 1.44 bits per heavy atom. The normalized spacial score (nSPS) is 10.7. The third-order valence-electron chi connectivity index (χ3n) is 5.64. The summed E-state index contributed by atoms with van der Waals surface area (Å²) in [6.45, 7) is 3.80. The van der Waals surface area contributed by atoms with Crippen molar-refractivity contribution < 1.29 is 28.2 Å². The Bertz CT molecular complexity index is 1360. The zero-order valence-electron chi connectivity index (χ0n) is 19.6. The number of amides is 1. The first-order valence-electron chi connectivity index (χ1n) is 10.6. The van der Waals surface area contributed by atoms with Crippen LogP contribution in [0.5, 0.6) is 17.2 Å². The molecule has 0 bridgehead atoms. The van der Waals surface area contributed by atoms with Crippen molar-refractivity contribution in [1.29, 1.82) is 0 Å². The topological polar surface area (TPSA) is 87.0 Å². The van der Waals surface area contributed by atoms with E-state index in [1.54, 1.807) is 42.5 Å². The number of hydrogen-bond acceptors (Lipinski definition) is 6. The standard InChI is InChI=1S/C27H25NO6/c1-15-6-8-17(9-7-15)24(29)25-16(2)20-14-19(10-11-21(20)34-25)28-27(30)18-12-22(31-3)26(33-5)23(13-18)32-4/h6-14H,1-5H3,(H,28,30). The van der Waals surface area contributed by atoms with Crippen molar-refractivity contribution in [2.45, 2.75) is 13.8 Å². The average molecular weight is 459 g/mol. The van der Waals surface area contributed by atoms with Crippen molar-refractivity contribution in [2.75, 3.05) is 26.6 Å². The van der Waals surface area contributed by atoms with Crippen LogP contribution in [0.3, 0.4) is 0 Å². The molecule has 0 unspecified atom stereocenters. The van der Waals surface area contributed by atoms with Gasteiger partial charge in [-0.3, -0.25) is 9.59 Å². The Kier molecular flexibility index (Phi) is 6.27. The van der Waals surface area contributed by atoms with Gasteiger partial charge in [0.25, 0.3) is 5.91 Å². The molecule has 0 aliphatic heterocycles. The SMILES string of the molecule is COc1cc(C(=O)Nc2ccc3oc(C(=O)c4ccc(C)cc4)c(C)c3c2)cc(OC)c1OC. The first-order chi connectivity index (χ1) is 16.4. The molecule has 0 fully saturated rings. The molecule has 7 heteroatoms. The molecule has 174 valence electrons. The highest BCUT2D eigenvalue weighted by Gasteiger charge is 2.21. The highest BCUT2D eigenvalue weighted by Crippen LogP contribution is 2.38. The summed E-state index contributed by atoms with van der Waals surface area (Å²) < 4.78 is 21.8. The quantitative estimate of drug-likeness (QED) is 0.364. The van der Waals surface area contributed by atoms with Gasteiger partial charge in [-0.05, 0) is 44.2 Å². The van der Waals surface area contributed by atoms with E-state index in [1.165, 1.54) is 21.3 Å². The minimum Gasteiger partial charge on any atom is -0.493 e. The number of carbonyl (C=O) groups excluding carboxylic acids is 2.